The van der Waals surface area contributed by atoms with Crippen molar-refractivity contribution < 1.29 is 19.5 Å². The molecule has 1 aliphatic heterocycles. The van der Waals surface area contributed by atoms with Gasteiger partial charge in [-0.15, -0.1) is 0 Å². The van der Waals surface area contributed by atoms with Crippen molar-refractivity contribution in [1.82, 2.24) is 14.9 Å². The molecule has 8 heteroatoms. The fourth-order valence-electron chi connectivity index (χ4n) is 3.53. The number of imide groups is 1. The first-order chi connectivity index (χ1) is 13.4. The van der Waals surface area contributed by atoms with Crippen LogP contribution in [0.4, 0.5) is 0 Å². The van der Waals surface area contributed by atoms with Gasteiger partial charge in [0.2, 0.25) is 11.8 Å². The molecule has 0 bridgehead atoms. The number of amides is 2. The van der Waals surface area contributed by atoms with Gasteiger partial charge in [0.25, 0.3) is 0 Å². The quantitative estimate of drug-likeness (QED) is 0.644. The second-order valence-corrected chi connectivity index (χ2v) is 7.11. The minimum Gasteiger partial charge on any atom is -0.480 e. The van der Waals surface area contributed by atoms with Gasteiger partial charge in [0.1, 0.15) is 11.9 Å². The number of H-pyrrole nitrogens is 1. The first kappa shape index (κ1) is 18.2. The molecule has 1 aliphatic rings. The summed E-state index contributed by atoms with van der Waals surface area (Å²) in [6, 6.07) is 12.7. The number of imidazole rings is 1. The first-order valence-electron chi connectivity index (χ1n) is 8.72. The van der Waals surface area contributed by atoms with Gasteiger partial charge < -0.3 is 10.1 Å². The lowest BCUT2D eigenvalue weighted by atomic mass is 9.98. The zero-order valence-electron chi connectivity index (χ0n) is 14.6. The van der Waals surface area contributed by atoms with Gasteiger partial charge in [-0.05, 0) is 23.8 Å². The number of aliphatic carboxylic acids is 1. The molecular weight excluding hydrogens is 382 g/mol. The van der Waals surface area contributed by atoms with Gasteiger partial charge in [-0.3, -0.25) is 14.5 Å². The van der Waals surface area contributed by atoms with E-state index in [0.717, 1.165) is 4.90 Å². The van der Waals surface area contributed by atoms with Crippen molar-refractivity contribution >= 4 is 40.4 Å². The van der Waals surface area contributed by atoms with Crippen molar-refractivity contribution in [2.75, 3.05) is 0 Å². The molecule has 1 fully saturated rings. The molecule has 0 saturated carbocycles. The Morgan fingerprint density at radius 2 is 2.00 bits per heavy atom. The number of rotatable bonds is 5. The number of benzene rings is 2. The summed E-state index contributed by atoms with van der Waals surface area (Å²) in [5.74, 6) is -2.54. The number of fused-ring (bicyclic) bond motifs is 1. The number of carboxylic acids is 1. The van der Waals surface area contributed by atoms with Crippen LogP contribution in [0.2, 0.25) is 5.02 Å². The monoisotopic (exact) mass is 397 g/mol. The predicted molar refractivity (Wildman–Crippen MR) is 102 cm³/mol. The number of hydrogen-bond donors (Lipinski definition) is 2. The topological polar surface area (TPSA) is 103 Å². The van der Waals surface area contributed by atoms with Gasteiger partial charge >= 0.3 is 5.97 Å². The van der Waals surface area contributed by atoms with E-state index in [4.69, 9.17) is 11.6 Å². The maximum atomic E-state index is 12.9. The van der Waals surface area contributed by atoms with Crippen LogP contribution in [0.25, 0.3) is 11.0 Å². The third-order valence-electron chi connectivity index (χ3n) is 4.86. The highest BCUT2D eigenvalue weighted by Crippen LogP contribution is 2.31. The number of nitrogens with one attached hydrogen (secondary N) is 1. The summed E-state index contributed by atoms with van der Waals surface area (Å²) in [6.45, 7) is 0. The number of carbonyl (C=O) groups is 3. The Bertz CT molecular complexity index is 1080. The van der Waals surface area contributed by atoms with Crippen LogP contribution >= 0.6 is 11.6 Å². The molecule has 2 amide bonds. The molecule has 28 heavy (non-hydrogen) atoms. The molecule has 1 aromatic heterocycles. The molecule has 7 nitrogen and oxygen atoms in total. The van der Waals surface area contributed by atoms with E-state index < -0.39 is 29.7 Å². The fraction of sp³-hybridized carbons (Fsp3) is 0.200. The van der Waals surface area contributed by atoms with Crippen LogP contribution in [0.1, 0.15) is 23.7 Å². The van der Waals surface area contributed by atoms with Crippen molar-refractivity contribution in [2.24, 2.45) is 0 Å². The van der Waals surface area contributed by atoms with Crippen molar-refractivity contribution in [3.05, 3.63) is 64.9 Å². The minimum atomic E-state index is -1.33. The van der Waals surface area contributed by atoms with E-state index in [1.165, 1.54) is 0 Å². The van der Waals surface area contributed by atoms with E-state index in [1.54, 1.807) is 42.5 Å². The van der Waals surface area contributed by atoms with E-state index in [9.17, 15) is 19.5 Å². The number of likely N-dealkylation sites (tertiary alicyclic amines) is 1. The van der Waals surface area contributed by atoms with Crippen molar-refractivity contribution in [3.8, 4) is 0 Å². The standard InChI is InChI=1S/C20H16ClN3O4/c21-12-6-7-14-15(8-12)23-17(22-14)10-16(20(27)28)24-18(25)9-13(19(24)26)11-4-2-1-3-5-11/h1-8,13,16H,9-10H2,(H,22,23)(H,27,28). The third kappa shape index (κ3) is 3.25. The largest absolute Gasteiger partial charge is 0.480 e. The van der Waals surface area contributed by atoms with E-state index >= 15 is 0 Å². The number of hydrogen-bond acceptors (Lipinski definition) is 4. The van der Waals surface area contributed by atoms with E-state index in [0.29, 0.717) is 27.4 Å². The summed E-state index contributed by atoms with van der Waals surface area (Å²) in [5, 5.41) is 10.2. The second kappa shape index (κ2) is 7.09. The molecule has 2 heterocycles. The Balaban J connectivity index is 1.62. The Morgan fingerprint density at radius 3 is 2.71 bits per heavy atom. The molecule has 0 aliphatic carbocycles. The van der Waals surface area contributed by atoms with Gasteiger partial charge in [-0.25, -0.2) is 9.78 Å². The fourth-order valence-corrected chi connectivity index (χ4v) is 3.70. The zero-order valence-corrected chi connectivity index (χ0v) is 15.4. The molecule has 0 radical (unpaired) electrons. The summed E-state index contributed by atoms with van der Waals surface area (Å²) in [6.07, 6.45) is -0.150. The summed E-state index contributed by atoms with van der Waals surface area (Å²) >= 11 is 5.96. The molecule has 2 atom stereocenters. The second-order valence-electron chi connectivity index (χ2n) is 6.67. The highest BCUT2D eigenvalue weighted by molar-refractivity contribution is 6.31. The van der Waals surface area contributed by atoms with Crippen LogP contribution < -0.4 is 0 Å². The predicted octanol–water partition coefficient (Wildman–Crippen LogP) is 2.75. The molecule has 4 rings (SSSR count). The Labute approximate surface area is 164 Å². The van der Waals surface area contributed by atoms with Gasteiger partial charge in [0.15, 0.2) is 0 Å². The molecule has 2 aromatic carbocycles. The van der Waals surface area contributed by atoms with E-state index in [1.807, 2.05) is 6.07 Å². The summed E-state index contributed by atoms with van der Waals surface area (Å²) in [4.78, 5) is 45.5. The highest BCUT2D eigenvalue weighted by atomic mass is 35.5. The van der Waals surface area contributed by atoms with Gasteiger partial charge in [-0.1, -0.05) is 41.9 Å². The molecule has 2 unspecified atom stereocenters. The Hall–Kier alpha value is -3.19. The third-order valence-corrected chi connectivity index (χ3v) is 5.10. The lowest BCUT2D eigenvalue weighted by molar-refractivity contribution is -0.154. The summed E-state index contributed by atoms with van der Waals surface area (Å²) in [7, 11) is 0. The Morgan fingerprint density at radius 1 is 1.25 bits per heavy atom. The van der Waals surface area contributed by atoms with Crippen LogP contribution in [0.3, 0.4) is 0 Å². The lowest BCUT2D eigenvalue weighted by Gasteiger charge is -2.22. The summed E-state index contributed by atoms with van der Waals surface area (Å²) < 4.78 is 0. The van der Waals surface area contributed by atoms with Crippen LogP contribution in [0.5, 0.6) is 0 Å². The lowest BCUT2D eigenvalue weighted by Crippen LogP contribution is -2.46. The first-order valence-corrected chi connectivity index (χ1v) is 9.09. The normalized spacial score (nSPS) is 18.0. The van der Waals surface area contributed by atoms with Gasteiger partial charge in [0, 0.05) is 17.9 Å². The van der Waals surface area contributed by atoms with Crippen molar-refractivity contribution in [3.63, 3.8) is 0 Å². The number of carboxylic acid groups (broad SMARTS) is 1. The van der Waals surface area contributed by atoms with Crippen molar-refractivity contribution in [1.29, 1.82) is 0 Å². The average Bonchev–Trinajstić information content (AvgIpc) is 3.20. The number of halogens is 1. The average molecular weight is 398 g/mol. The van der Waals surface area contributed by atoms with E-state index in [2.05, 4.69) is 9.97 Å². The molecule has 142 valence electrons. The molecule has 1 saturated heterocycles. The van der Waals surface area contributed by atoms with E-state index in [-0.39, 0.29) is 12.8 Å². The maximum absolute atomic E-state index is 12.9. The number of aromatic nitrogens is 2. The smallest absolute Gasteiger partial charge is 0.327 e. The van der Waals surface area contributed by atoms with Gasteiger partial charge in [0.05, 0.1) is 17.0 Å². The summed E-state index contributed by atoms with van der Waals surface area (Å²) in [5.41, 5.74) is 1.99. The number of carbonyl (C=O) groups excluding carboxylic acids is 2. The molecular formula is C20H16ClN3O4. The maximum Gasteiger partial charge on any atom is 0.327 e. The Kier molecular flexibility index (Phi) is 4.60. The minimum absolute atomic E-state index is 0.0393. The van der Waals surface area contributed by atoms with Crippen LogP contribution in [-0.4, -0.2) is 43.8 Å². The van der Waals surface area contributed by atoms with Crippen LogP contribution in [0, 0.1) is 0 Å². The van der Waals surface area contributed by atoms with Gasteiger partial charge in [-0.2, -0.15) is 0 Å². The molecule has 3 aromatic rings. The molecule has 0 spiro atoms. The number of nitrogens with zero attached hydrogens (tertiary/aromatic N) is 2. The van der Waals surface area contributed by atoms with Crippen LogP contribution in [0.15, 0.2) is 48.5 Å². The molecule has 2 N–H and O–H groups in total. The number of aromatic amines is 1. The zero-order chi connectivity index (χ0) is 19.8. The van der Waals surface area contributed by atoms with Crippen molar-refractivity contribution in [2.45, 2.75) is 24.8 Å². The SMILES string of the molecule is O=C(O)C(Cc1nc2ccc(Cl)cc2[nH]1)N1C(=O)CC(c2ccccc2)C1=O. The van der Waals surface area contributed by atoms with Crippen LogP contribution in [-0.2, 0) is 20.8 Å². The highest BCUT2D eigenvalue weighted by Gasteiger charge is 2.45.